The van der Waals surface area contributed by atoms with Crippen molar-refractivity contribution in [1.82, 2.24) is 0 Å². The zero-order valence-corrected chi connectivity index (χ0v) is 8.22. The summed E-state index contributed by atoms with van der Waals surface area (Å²) in [6.07, 6.45) is 0. The monoisotopic (exact) mass is 235 g/mol. The molecule has 15 heavy (non-hydrogen) atoms. The van der Waals surface area contributed by atoms with Gasteiger partial charge in [0, 0.05) is 11.8 Å². The van der Waals surface area contributed by atoms with E-state index in [4.69, 9.17) is 0 Å². The molecule has 10 heteroatoms. The third-order valence-electron chi connectivity index (χ3n) is 2.05. The predicted molar refractivity (Wildman–Crippen MR) is 48.9 cm³/mol. The second-order valence-electron chi connectivity index (χ2n) is 2.74. The van der Waals surface area contributed by atoms with Crippen LogP contribution in [0.3, 0.4) is 0 Å². The van der Waals surface area contributed by atoms with Crippen LogP contribution >= 0.6 is 11.8 Å². The third-order valence-corrected chi connectivity index (χ3v) is 3.47. The zero-order chi connectivity index (χ0) is 11.8. The maximum absolute atomic E-state index is 10.6. The van der Waals surface area contributed by atoms with Crippen molar-refractivity contribution in [3.63, 3.8) is 0 Å². The first kappa shape index (κ1) is 11.4. The van der Waals surface area contributed by atoms with Crippen LogP contribution in [0.25, 0.3) is 0 Å². The minimum absolute atomic E-state index is 0.333. The zero-order valence-electron chi connectivity index (χ0n) is 7.41. The highest BCUT2D eigenvalue weighted by atomic mass is 32.2. The van der Waals surface area contributed by atoms with Gasteiger partial charge in [-0.1, -0.05) is 0 Å². The SMILES string of the molecule is CC1=C([N+](=O)[O-])CSC1([N+](=O)[O-])[N+](=O)[O-]. The molecule has 1 aliphatic heterocycles. The molecule has 0 aromatic rings. The molecule has 0 atom stereocenters. The minimum Gasteiger partial charge on any atom is -0.259 e. The Balaban J connectivity index is 3.33. The van der Waals surface area contributed by atoms with E-state index in [1.807, 2.05) is 0 Å². The third kappa shape index (κ3) is 1.42. The molecular weight excluding hydrogens is 230 g/mol. The fourth-order valence-corrected chi connectivity index (χ4v) is 2.41. The highest BCUT2D eigenvalue weighted by Gasteiger charge is 2.66. The second kappa shape index (κ2) is 3.46. The van der Waals surface area contributed by atoms with Crippen molar-refractivity contribution in [2.24, 2.45) is 0 Å². The van der Waals surface area contributed by atoms with E-state index in [9.17, 15) is 30.3 Å². The Kier molecular flexibility index (Phi) is 2.62. The summed E-state index contributed by atoms with van der Waals surface area (Å²) in [5, 5.41) is 31.7. The van der Waals surface area contributed by atoms with Crippen molar-refractivity contribution in [3.8, 4) is 0 Å². The van der Waals surface area contributed by atoms with Crippen LogP contribution in [0.4, 0.5) is 0 Å². The van der Waals surface area contributed by atoms with Gasteiger partial charge in [-0.05, 0) is 6.92 Å². The van der Waals surface area contributed by atoms with E-state index in [2.05, 4.69) is 0 Å². The molecular formula is C5H5N3O6S. The van der Waals surface area contributed by atoms with Crippen LogP contribution < -0.4 is 0 Å². The van der Waals surface area contributed by atoms with Gasteiger partial charge in [-0.15, -0.1) is 0 Å². The first-order chi connectivity index (χ1) is 6.84. The van der Waals surface area contributed by atoms with Crippen LogP contribution in [-0.4, -0.2) is 25.5 Å². The molecule has 0 saturated heterocycles. The van der Waals surface area contributed by atoms with E-state index in [1.54, 1.807) is 0 Å². The molecule has 1 rings (SSSR count). The molecule has 0 aliphatic carbocycles. The van der Waals surface area contributed by atoms with Crippen LogP contribution in [0.1, 0.15) is 6.92 Å². The van der Waals surface area contributed by atoms with Gasteiger partial charge in [0.05, 0.1) is 10.7 Å². The van der Waals surface area contributed by atoms with E-state index in [0.29, 0.717) is 11.8 Å². The predicted octanol–water partition coefficient (Wildman–Crippen LogP) is 0.491. The molecule has 0 spiro atoms. The fraction of sp³-hybridized carbons (Fsp3) is 0.600. The van der Waals surface area contributed by atoms with Crippen LogP contribution in [0.2, 0.25) is 0 Å². The molecule has 0 fully saturated rings. The van der Waals surface area contributed by atoms with Crippen LogP contribution in [0, 0.1) is 30.3 Å². The van der Waals surface area contributed by atoms with Gasteiger partial charge in [-0.2, -0.15) is 0 Å². The Morgan fingerprint density at radius 3 is 1.87 bits per heavy atom. The average Bonchev–Trinajstić information content (AvgIpc) is 2.43. The fourth-order valence-electron chi connectivity index (χ4n) is 1.21. The summed E-state index contributed by atoms with van der Waals surface area (Å²) in [7, 11) is 0. The molecule has 9 nitrogen and oxygen atoms in total. The first-order valence-corrected chi connectivity index (χ1v) is 4.60. The Morgan fingerprint density at radius 2 is 1.67 bits per heavy atom. The van der Waals surface area contributed by atoms with Crippen molar-refractivity contribution >= 4 is 11.8 Å². The second-order valence-corrected chi connectivity index (χ2v) is 3.89. The van der Waals surface area contributed by atoms with Crippen molar-refractivity contribution in [3.05, 3.63) is 41.6 Å². The molecule has 0 amide bonds. The number of hydrogen-bond acceptors (Lipinski definition) is 7. The molecule has 82 valence electrons. The summed E-state index contributed by atoms with van der Waals surface area (Å²) < 4.78 is 0. The average molecular weight is 235 g/mol. The van der Waals surface area contributed by atoms with E-state index in [1.165, 1.54) is 0 Å². The lowest BCUT2D eigenvalue weighted by atomic mass is 10.2. The largest absolute Gasteiger partial charge is 0.535 e. The molecule has 0 aromatic carbocycles. The molecule has 0 bridgehead atoms. The Labute approximate surface area is 86.6 Å². The maximum atomic E-state index is 10.6. The summed E-state index contributed by atoms with van der Waals surface area (Å²) in [4.78, 5) is 26.1. The smallest absolute Gasteiger partial charge is 0.259 e. The maximum Gasteiger partial charge on any atom is 0.535 e. The van der Waals surface area contributed by atoms with E-state index >= 15 is 0 Å². The number of nitro groups is 3. The highest BCUT2D eigenvalue weighted by Crippen LogP contribution is 2.43. The Bertz CT molecular complexity index is 376. The molecule has 0 saturated carbocycles. The van der Waals surface area contributed by atoms with Crippen molar-refractivity contribution in [2.45, 2.75) is 11.9 Å². The molecule has 0 unspecified atom stereocenters. The quantitative estimate of drug-likeness (QED) is 0.395. The van der Waals surface area contributed by atoms with Gasteiger partial charge in [0.1, 0.15) is 9.85 Å². The summed E-state index contributed by atoms with van der Waals surface area (Å²) in [6, 6.07) is 0. The highest BCUT2D eigenvalue weighted by molar-refractivity contribution is 8.00. The van der Waals surface area contributed by atoms with Crippen molar-refractivity contribution in [1.29, 1.82) is 0 Å². The normalized spacial score (nSPS) is 19.0. The van der Waals surface area contributed by atoms with E-state index in [0.717, 1.165) is 6.92 Å². The molecule has 0 radical (unpaired) electrons. The van der Waals surface area contributed by atoms with Gasteiger partial charge >= 0.3 is 4.99 Å². The minimum atomic E-state index is -2.59. The number of hydrogen-bond donors (Lipinski definition) is 0. The van der Waals surface area contributed by atoms with Crippen molar-refractivity contribution in [2.75, 3.05) is 5.75 Å². The molecule has 0 aromatic heterocycles. The van der Waals surface area contributed by atoms with Crippen LogP contribution in [-0.2, 0) is 0 Å². The summed E-state index contributed by atoms with van der Waals surface area (Å²) in [5.74, 6) is -0.333. The van der Waals surface area contributed by atoms with E-state index in [-0.39, 0.29) is 5.75 Å². The summed E-state index contributed by atoms with van der Waals surface area (Å²) in [6.45, 7) is 1.05. The van der Waals surface area contributed by atoms with E-state index < -0.39 is 31.0 Å². The van der Waals surface area contributed by atoms with Gasteiger partial charge in [0.15, 0.2) is 5.57 Å². The Hall–Kier alpha value is -1.71. The number of thioether (sulfide) groups is 1. The first-order valence-electron chi connectivity index (χ1n) is 3.61. The molecule has 1 heterocycles. The number of rotatable bonds is 3. The van der Waals surface area contributed by atoms with Gasteiger partial charge in [-0.3, -0.25) is 30.3 Å². The number of nitrogens with zero attached hydrogens (tertiary/aromatic N) is 3. The van der Waals surface area contributed by atoms with Crippen LogP contribution in [0.5, 0.6) is 0 Å². The van der Waals surface area contributed by atoms with Gasteiger partial charge in [0.25, 0.3) is 5.70 Å². The standard InChI is InChI=1S/C5H5N3O6S/c1-3-4(6(9)10)2-15-5(3,7(11)12)8(13)14/h2H2,1H3. The molecule has 0 N–H and O–H groups in total. The molecule has 1 aliphatic rings. The van der Waals surface area contributed by atoms with Gasteiger partial charge in [0.2, 0.25) is 0 Å². The lowest BCUT2D eigenvalue weighted by Gasteiger charge is -2.09. The lowest BCUT2D eigenvalue weighted by Crippen LogP contribution is -2.42. The summed E-state index contributed by atoms with van der Waals surface area (Å²) in [5.41, 5.74) is -0.888. The lowest BCUT2D eigenvalue weighted by molar-refractivity contribution is -0.749. The van der Waals surface area contributed by atoms with Crippen molar-refractivity contribution < 1.29 is 14.8 Å². The summed E-state index contributed by atoms with van der Waals surface area (Å²) >= 11 is 0.337. The topological polar surface area (TPSA) is 129 Å². The Morgan fingerprint density at radius 1 is 1.20 bits per heavy atom. The van der Waals surface area contributed by atoms with Crippen LogP contribution in [0.15, 0.2) is 11.3 Å². The van der Waals surface area contributed by atoms with Gasteiger partial charge in [-0.25, -0.2) is 0 Å². The van der Waals surface area contributed by atoms with Gasteiger partial charge < -0.3 is 0 Å².